The second-order valence-corrected chi connectivity index (χ2v) is 5.71. The molecule has 0 saturated carbocycles. The minimum atomic E-state index is -4.24. The Balaban J connectivity index is 2.15. The van der Waals surface area contributed by atoms with Crippen LogP contribution in [0.4, 0.5) is 11.4 Å². The minimum absolute atomic E-state index is 0.227. The summed E-state index contributed by atoms with van der Waals surface area (Å²) >= 11 is 0. The second-order valence-electron chi connectivity index (χ2n) is 4.29. The molecule has 0 radical (unpaired) electrons. The van der Waals surface area contributed by atoms with Crippen LogP contribution in [0.25, 0.3) is 0 Å². The fourth-order valence-electron chi connectivity index (χ4n) is 1.57. The number of carbonyl (C=O) groups is 1. The van der Waals surface area contributed by atoms with E-state index in [-0.39, 0.29) is 4.90 Å². The lowest BCUT2D eigenvalue weighted by Gasteiger charge is -2.01. The summed E-state index contributed by atoms with van der Waals surface area (Å²) in [5.74, 6) is -0.284. The van der Waals surface area contributed by atoms with Gasteiger partial charge in [-0.3, -0.25) is 4.55 Å². The molecule has 0 atom stereocenters. The average Bonchev–Trinajstić information content (AvgIpc) is 2.53. The van der Waals surface area contributed by atoms with Gasteiger partial charge in [0.1, 0.15) is 5.75 Å². The van der Waals surface area contributed by atoms with Gasteiger partial charge in [0.25, 0.3) is 10.1 Å². The Morgan fingerprint density at radius 3 is 2.35 bits per heavy atom. The van der Waals surface area contributed by atoms with E-state index in [0.29, 0.717) is 17.1 Å². The Morgan fingerprint density at radius 2 is 1.74 bits per heavy atom. The van der Waals surface area contributed by atoms with E-state index in [4.69, 9.17) is 9.29 Å². The molecule has 0 aliphatic heterocycles. The van der Waals surface area contributed by atoms with E-state index >= 15 is 0 Å². The molecule has 0 fully saturated rings. The van der Waals surface area contributed by atoms with Crippen LogP contribution in [0.5, 0.6) is 5.75 Å². The van der Waals surface area contributed by atoms with Crippen molar-refractivity contribution in [2.75, 3.05) is 0 Å². The smallest absolute Gasteiger partial charge is 0.335 e. The third kappa shape index (κ3) is 4.83. The van der Waals surface area contributed by atoms with E-state index in [9.17, 15) is 13.2 Å². The zero-order valence-electron chi connectivity index (χ0n) is 11.8. The molecule has 0 aromatic heterocycles. The highest BCUT2D eigenvalue weighted by molar-refractivity contribution is 7.85. The Kier molecular flexibility index (Phi) is 4.99. The molecule has 0 amide bonds. The van der Waals surface area contributed by atoms with Crippen LogP contribution in [0.3, 0.4) is 0 Å². The maximum absolute atomic E-state index is 11.1. The van der Waals surface area contributed by atoms with Crippen LogP contribution >= 0.6 is 0 Å². The van der Waals surface area contributed by atoms with E-state index in [1.54, 1.807) is 18.2 Å². The predicted molar refractivity (Wildman–Crippen MR) is 82.7 cm³/mol. The highest BCUT2D eigenvalue weighted by Crippen LogP contribution is 2.23. The first-order chi connectivity index (χ1) is 10.9. The van der Waals surface area contributed by atoms with Gasteiger partial charge in [0.05, 0.1) is 16.3 Å². The van der Waals surface area contributed by atoms with Gasteiger partial charge in [0.15, 0.2) is 0 Å². The number of azo groups is 1. The summed E-state index contributed by atoms with van der Waals surface area (Å²) in [4.78, 5) is 10.9. The van der Waals surface area contributed by atoms with Gasteiger partial charge in [0.2, 0.25) is 0 Å². The van der Waals surface area contributed by atoms with Crippen molar-refractivity contribution in [3.05, 3.63) is 61.2 Å². The molecular formula is C15H12N2O5S. The molecule has 0 bridgehead atoms. The lowest BCUT2D eigenvalue weighted by Crippen LogP contribution is -2.02. The Labute approximate surface area is 132 Å². The van der Waals surface area contributed by atoms with Crippen LogP contribution in [-0.4, -0.2) is 18.9 Å². The van der Waals surface area contributed by atoms with Crippen molar-refractivity contribution in [2.45, 2.75) is 4.90 Å². The maximum atomic E-state index is 11.1. The minimum Gasteiger partial charge on any atom is -0.423 e. The Bertz CT molecular complexity index is 858. The summed E-state index contributed by atoms with van der Waals surface area (Å²) in [7, 11) is -4.24. The first-order valence-electron chi connectivity index (χ1n) is 6.32. The molecule has 2 aromatic carbocycles. The number of hydrogen-bond acceptors (Lipinski definition) is 6. The number of carbonyl (C=O) groups excluding carboxylic acids is 1. The van der Waals surface area contributed by atoms with Gasteiger partial charge >= 0.3 is 5.97 Å². The molecule has 0 aliphatic rings. The highest BCUT2D eigenvalue weighted by Gasteiger charge is 2.08. The summed E-state index contributed by atoms with van der Waals surface area (Å²) in [5, 5.41) is 7.89. The number of esters is 1. The molecule has 8 heteroatoms. The summed E-state index contributed by atoms with van der Waals surface area (Å²) in [6, 6.07) is 11.6. The van der Waals surface area contributed by atoms with Crippen molar-refractivity contribution in [2.24, 2.45) is 10.2 Å². The van der Waals surface area contributed by atoms with E-state index in [1.807, 2.05) is 0 Å². The van der Waals surface area contributed by atoms with Crippen molar-refractivity contribution in [3.8, 4) is 5.75 Å². The molecule has 0 aliphatic carbocycles. The van der Waals surface area contributed by atoms with Crippen molar-refractivity contribution in [3.63, 3.8) is 0 Å². The summed E-state index contributed by atoms with van der Waals surface area (Å²) in [5.41, 5.74) is 0.837. The molecule has 118 valence electrons. The summed E-state index contributed by atoms with van der Waals surface area (Å²) < 4.78 is 35.7. The normalized spacial score (nSPS) is 11.3. The molecule has 23 heavy (non-hydrogen) atoms. The zero-order chi connectivity index (χ0) is 16.9. The molecular weight excluding hydrogens is 320 g/mol. The highest BCUT2D eigenvalue weighted by atomic mass is 32.2. The van der Waals surface area contributed by atoms with Gasteiger partial charge in [-0.1, -0.05) is 12.6 Å². The van der Waals surface area contributed by atoms with Crippen LogP contribution in [-0.2, 0) is 14.9 Å². The van der Waals surface area contributed by atoms with Gasteiger partial charge in [-0.2, -0.15) is 18.6 Å². The van der Waals surface area contributed by atoms with Gasteiger partial charge in [0, 0.05) is 12.1 Å². The van der Waals surface area contributed by atoms with E-state index in [2.05, 4.69) is 16.8 Å². The van der Waals surface area contributed by atoms with E-state index in [0.717, 1.165) is 6.08 Å². The van der Waals surface area contributed by atoms with Crippen LogP contribution in [0.1, 0.15) is 0 Å². The molecule has 2 rings (SSSR count). The number of nitrogens with zero attached hydrogens (tertiary/aromatic N) is 2. The molecule has 0 spiro atoms. The molecule has 1 N–H and O–H groups in total. The quantitative estimate of drug-likeness (QED) is 0.297. The Hall–Kier alpha value is -2.84. The standard InChI is InChI=1S/C15H12N2O5S/c1-2-15(18)22-13-5-3-4-12(10-13)17-16-11-6-8-14(9-7-11)23(19,20)21/h2-10H,1H2,(H,19,20,21). The van der Waals surface area contributed by atoms with Crippen LogP contribution in [0, 0.1) is 0 Å². The summed E-state index contributed by atoms with van der Waals surface area (Å²) in [6.07, 6.45) is 1.05. The van der Waals surface area contributed by atoms with Crippen molar-refractivity contribution in [1.82, 2.24) is 0 Å². The van der Waals surface area contributed by atoms with Crippen molar-refractivity contribution in [1.29, 1.82) is 0 Å². The first-order valence-corrected chi connectivity index (χ1v) is 7.76. The SMILES string of the molecule is C=CC(=O)Oc1cccc(N=Nc2ccc(S(=O)(=O)O)cc2)c1. The lowest BCUT2D eigenvalue weighted by atomic mass is 10.3. The number of benzene rings is 2. The third-order valence-electron chi connectivity index (χ3n) is 2.62. The molecule has 0 unspecified atom stereocenters. The zero-order valence-corrected chi connectivity index (χ0v) is 12.6. The van der Waals surface area contributed by atoms with E-state index < -0.39 is 16.1 Å². The first kappa shape index (κ1) is 16.5. The van der Waals surface area contributed by atoms with Gasteiger partial charge in [-0.05, 0) is 36.4 Å². The monoisotopic (exact) mass is 332 g/mol. The van der Waals surface area contributed by atoms with Crippen LogP contribution in [0.15, 0.2) is 76.3 Å². The van der Waals surface area contributed by atoms with Crippen LogP contribution in [0.2, 0.25) is 0 Å². The molecule has 2 aromatic rings. The van der Waals surface area contributed by atoms with Gasteiger partial charge in [-0.25, -0.2) is 4.79 Å². The van der Waals surface area contributed by atoms with E-state index in [1.165, 1.54) is 30.3 Å². The van der Waals surface area contributed by atoms with Crippen molar-refractivity contribution < 1.29 is 22.5 Å². The van der Waals surface area contributed by atoms with Gasteiger partial charge in [-0.15, -0.1) is 0 Å². The Morgan fingerprint density at radius 1 is 1.09 bits per heavy atom. The number of rotatable bonds is 5. The fourth-order valence-corrected chi connectivity index (χ4v) is 2.05. The van der Waals surface area contributed by atoms with Gasteiger partial charge < -0.3 is 4.74 Å². The number of ether oxygens (including phenoxy) is 1. The third-order valence-corrected chi connectivity index (χ3v) is 3.49. The average molecular weight is 332 g/mol. The maximum Gasteiger partial charge on any atom is 0.335 e. The summed E-state index contributed by atoms with van der Waals surface area (Å²) in [6.45, 7) is 3.30. The molecule has 7 nitrogen and oxygen atoms in total. The second kappa shape index (κ2) is 6.95. The lowest BCUT2D eigenvalue weighted by molar-refractivity contribution is -0.128. The largest absolute Gasteiger partial charge is 0.423 e. The number of hydrogen-bond donors (Lipinski definition) is 1. The predicted octanol–water partition coefficient (Wildman–Crippen LogP) is 3.44. The molecule has 0 saturated heterocycles. The fraction of sp³-hybridized carbons (Fsp3) is 0. The van der Waals surface area contributed by atoms with Crippen LogP contribution < -0.4 is 4.74 Å². The topological polar surface area (TPSA) is 105 Å². The molecule has 0 heterocycles. The van der Waals surface area contributed by atoms with Crippen molar-refractivity contribution >= 4 is 27.5 Å².